The number of unbranched alkanes of at least 4 members (excludes halogenated alkanes) is 10. The topological polar surface area (TPSA) is 54.0 Å². The van der Waals surface area contributed by atoms with Crippen LogP contribution in [0.1, 0.15) is 125 Å². The van der Waals surface area contributed by atoms with Crippen molar-refractivity contribution in [1.29, 1.82) is 0 Å². The number of carbonyl (C=O) groups excluding carboxylic acids is 1. The fourth-order valence-corrected chi connectivity index (χ4v) is 3.97. The fraction of sp³-hybridized carbons (Fsp3) is 0.964. The summed E-state index contributed by atoms with van der Waals surface area (Å²) in [6, 6.07) is 0. The standard InChI is InChI=1S/C28H56O5/c1-6-8-10-12-13-14-15-17-19-28(18-16-11-9-7-2)24-30-22-25(3)33-23-26(4)31-20-21-32-27(5)29/h25-26,28H,6-24H2,1-5H3. The maximum Gasteiger partial charge on any atom is 0.302 e. The summed E-state index contributed by atoms with van der Waals surface area (Å²) in [6.45, 7) is 12.7. The Morgan fingerprint density at radius 1 is 0.636 bits per heavy atom. The first-order valence-electron chi connectivity index (χ1n) is 13.9. The molecule has 0 N–H and O–H groups in total. The van der Waals surface area contributed by atoms with Gasteiger partial charge in [-0.05, 0) is 32.6 Å². The first kappa shape index (κ1) is 32.4. The van der Waals surface area contributed by atoms with Crippen LogP contribution < -0.4 is 0 Å². The van der Waals surface area contributed by atoms with Gasteiger partial charge in [0.15, 0.2) is 0 Å². The summed E-state index contributed by atoms with van der Waals surface area (Å²) in [4.78, 5) is 10.8. The van der Waals surface area contributed by atoms with E-state index in [0.29, 0.717) is 25.7 Å². The molecule has 5 heteroatoms. The minimum absolute atomic E-state index is 0.0312. The summed E-state index contributed by atoms with van der Waals surface area (Å²) in [7, 11) is 0. The third-order valence-electron chi connectivity index (χ3n) is 6.04. The van der Waals surface area contributed by atoms with Crippen LogP contribution in [0.5, 0.6) is 0 Å². The van der Waals surface area contributed by atoms with E-state index in [1.165, 1.54) is 96.8 Å². The zero-order valence-corrected chi connectivity index (χ0v) is 22.7. The smallest absolute Gasteiger partial charge is 0.302 e. The van der Waals surface area contributed by atoms with E-state index in [1.54, 1.807) is 0 Å². The Balaban J connectivity index is 3.97. The predicted octanol–water partition coefficient (Wildman–Crippen LogP) is 7.49. The zero-order valence-electron chi connectivity index (χ0n) is 22.7. The second kappa shape index (κ2) is 24.5. The summed E-state index contributed by atoms with van der Waals surface area (Å²) in [5, 5.41) is 0. The first-order chi connectivity index (χ1) is 16.0. The molecule has 3 unspecified atom stereocenters. The van der Waals surface area contributed by atoms with Gasteiger partial charge in [-0.2, -0.15) is 0 Å². The molecule has 0 aliphatic rings. The molecule has 0 amide bonds. The highest BCUT2D eigenvalue weighted by Crippen LogP contribution is 2.20. The Kier molecular flexibility index (Phi) is 24.0. The Morgan fingerprint density at radius 3 is 1.73 bits per heavy atom. The van der Waals surface area contributed by atoms with E-state index < -0.39 is 0 Å². The Bertz CT molecular complexity index is 415. The number of hydrogen-bond donors (Lipinski definition) is 0. The average Bonchev–Trinajstić information content (AvgIpc) is 2.79. The number of esters is 1. The molecule has 0 aromatic heterocycles. The molecule has 0 aliphatic heterocycles. The van der Waals surface area contributed by atoms with E-state index in [2.05, 4.69) is 20.8 Å². The summed E-state index contributed by atoms with van der Waals surface area (Å²) in [5.74, 6) is 0.400. The van der Waals surface area contributed by atoms with Crippen molar-refractivity contribution in [1.82, 2.24) is 0 Å². The van der Waals surface area contributed by atoms with E-state index in [-0.39, 0.29) is 24.8 Å². The van der Waals surface area contributed by atoms with E-state index in [1.807, 2.05) is 6.92 Å². The molecule has 0 fully saturated rings. The van der Waals surface area contributed by atoms with Crippen molar-refractivity contribution in [3.63, 3.8) is 0 Å². The van der Waals surface area contributed by atoms with Crippen molar-refractivity contribution < 1.29 is 23.7 Å². The first-order valence-corrected chi connectivity index (χ1v) is 13.9. The highest BCUT2D eigenvalue weighted by Gasteiger charge is 2.12. The lowest BCUT2D eigenvalue weighted by Gasteiger charge is -2.20. The molecule has 0 aromatic rings. The molecule has 0 radical (unpaired) electrons. The van der Waals surface area contributed by atoms with E-state index in [9.17, 15) is 4.79 Å². The minimum Gasteiger partial charge on any atom is -0.463 e. The van der Waals surface area contributed by atoms with E-state index in [4.69, 9.17) is 18.9 Å². The zero-order chi connectivity index (χ0) is 24.6. The van der Waals surface area contributed by atoms with Gasteiger partial charge in [0, 0.05) is 13.5 Å². The van der Waals surface area contributed by atoms with Crippen LogP contribution in [0.4, 0.5) is 0 Å². The third kappa shape index (κ3) is 24.3. The van der Waals surface area contributed by atoms with Crippen LogP contribution in [0.15, 0.2) is 0 Å². The number of rotatable bonds is 25. The van der Waals surface area contributed by atoms with Crippen LogP contribution in [-0.4, -0.2) is 51.2 Å². The van der Waals surface area contributed by atoms with Gasteiger partial charge in [0.2, 0.25) is 0 Å². The molecule has 198 valence electrons. The minimum atomic E-state index is -0.278. The normalized spacial score (nSPS) is 14.2. The fourth-order valence-electron chi connectivity index (χ4n) is 3.97. The molecule has 0 saturated heterocycles. The highest BCUT2D eigenvalue weighted by molar-refractivity contribution is 5.65. The SMILES string of the molecule is CCCCCCCCCCC(CCCCCC)COCC(C)OCC(C)OCCOC(C)=O. The number of hydrogen-bond acceptors (Lipinski definition) is 5. The van der Waals surface area contributed by atoms with Gasteiger partial charge in [0.25, 0.3) is 0 Å². The van der Waals surface area contributed by atoms with Crippen molar-refractivity contribution in [2.75, 3.05) is 33.0 Å². The second-order valence-corrected chi connectivity index (χ2v) is 9.68. The largest absolute Gasteiger partial charge is 0.463 e. The van der Waals surface area contributed by atoms with Gasteiger partial charge in [-0.25, -0.2) is 0 Å². The summed E-state index contributed by atoms with van der Waals surface area (Å²) < 4.78 is 22.4. The van der Waals surface area contributed by atoms with Gasteiger partial charge in [-0.15, -0.1) is 0 Å². The van der Waals surface area contributed by atoms with Crippen LogP contribution in [0, 0.1) is 5.92 Å². The number of carbonyl (C=O) groups is 1. The van der Waals surface area contributed by atoms with E-state index in [0.717, 1.165) is 6.61 Å². The van der Waals surface area contributed by atoms with Crippen molar-refractivity contribution in [3.8, 4) is 0 Å². The molecule has 5 nitrogen and oxygen atoms in total. The predicted molar refractivity (Wildman–Crippen MR) is 138 cm³/mol. The molecule has 0 spiro atoms. The molecule has 0 heterocycles. The highest BCUT2D eigenvalue weighted by atomic mass is 16.6. The Morgan fingerprint density at radius 2 is 1.15 bits per heavy atom. The molecule has 0 bridgehead atoms. The quantitative estimate of drug-likeness (QED) is 0.102. The van der Waals surface area contributed by atoms with Crippen LogP contribution in [0.3, 0.4) is 0 Å². The van der Waals surface area contributed by atoms with Crippen molar-refractivity contribution in [2.24, 2.45) is 5.92 Å². The van der Waals surface area contributed by atoms with Gasteiger partial charge in [0.05, 0.1) is 32.0 Å². The third-order valence-corrected chi connectivity index (χ3v) is 6.04. The second-order valence-electron chi connectivity index (χ2n) is 9.68. The van der Waals surface area contributed by atoms with Gasteiger partial charge in [0.1, 0.15) is 6.61 Å². The van der Waals surface area contributed by atoms with Gasteiger partial charge in [-0.3, -0.25) is 4.79 Å². The maximum absolute atomic E-state index is 10.8. The number of ether oxygens (including phenoxy) is 4. The molecular weight excluding hydrogens is 416 g/mol. The average molecular weight is 473 g/mol. The van der Waals surface area contributed by atoms with Crippen LogP contribution in [-0.2, 0) is 23.7 Å². The van der Waals surface area contributed by atoms with Gasteiger partial charge < -0.3 is 18.9 Å². The summed E-state index contributed by atoms with van der Waals surface area (Å²) in [6.07, 6.45) is 18.9. The molecule has 0 rings (SSSR count). The molecule has 0 aromatic carbocycles. The Hall–Kier alpha value is -0.650. The van der Waals surface area contributed by atoms with Crippen molar-refractivity contribution in [2.45, 2.75) is 137 Å². The monoisotopic (exact) mass is 472 g/mol. The molecule has 0 aliphatic carbocycles. The van der Waals surface area contributed by atoms with Crippen LogP contribution in [0.25, 0.3) is 0 Å². The lowest BCUT2D eigenvalue weighted by Crippen LogP contribution is -2.25. The van der Waals surface area contributed by atoms with Gasteiger partial charge >= 0.3 is 5.97 Å². The molecule has 0 saturated carbocycles. The molecule has 33 heavy (non-hydrogen) atoms. The van der Waals surface area contributed by atoms with Crippen LogP contribution >= 0.6 is 0 Å². The van der Waals surface area contributed by atoms with Crippen molar-refractivity contribution >= 4 is 5.97 Å². The maximum atomic E-state index is 10.8. The lowest BCUT2D eigenvalue weighted by atomic mass is 9.95. The van der Waals surface area contributed by atoms with E-state index >= 15 is 0 Å². The summed E-state index contributed by atoms with van der Waals surface area (Å²) in [5.41, 5.74) is 0. The lowest BCUT2D eigenvalue weighted by molar-refractivity contribution is -0.143. The molecule has 3 atom stereocenters. The van der Waals surface area contributed by atoms with Crippen LogP contribution in [0.2, 0.25) is 0 Å². The van der Waals surface area contributed by atoms with Gasteiger partial charge in [-0.1, -0.05) is 90.9 Å². The van der Waals surface area contributed by atoms with Crippen molar-refractivity contribution in [3.05, 3.63) is 0 Å². The molecular formula is C28H56O5. The Labute approximate surface area is 205 Å². The summed E-state index contributed by atoms with van der Waals surface area (Å²) >= 11 is 0.